The van der Waals surface area contributed by atoms with Crippen molar-refractivity contribution in [3.05, 3.63) is 29.8 Å². The molecule has 0 aromatic heterocycles. The molecule has 0 fully saturated rings. The third-order valence-electron chi connectivity index (χ3n) is 2.63. The van der Waals surface area contributed by atoms with E-state index in [-0.39, 0.29) is 4.90 Å². The average molecular weight is 266 g/mol. The molecule has 1 unspecified atom stereocenters. The molecule has 0 aliphatic carbocycles. The van der Waals surface area contributed by atoms with Crippen LogP contribution in [0.1, 0.15) is 32.3 Å². The van der Waals surface area contributed by atoms with Crippen LogP contribution in [0.15, 0.2) is 29.2 Å². The number of nitrogens with one attached hydrogen (secondary N) is 1. The monoisotopic (exact) mass is 266 g/mol. The molecule has 1 atom stereocenters. The summed E-state index contributed by atoms with van der Waals surface area (Å²) < 4.78 is 26.3. The Labute approximate surface area is 109 Å². The van der Waals surface area contributed by atoms with E-state index in [1.165, 1.54) is 0 Å². The third kappa shape index (κ3) is 3.83. The van der Waals surface area contributed by atoms with Gasteiger partial charge in [0.2, 0.25) is 10.0 Å². The fourth-order valence-electron chi connectivity index (χ4n) is 1.58. The van der Waals surface area contributed by atoms with Gasteiger partial charge in [-0.05, 0) is 30.5 Å². The summed E-state index contributed by atoms with van der Waals surface area (Å²) in [6, 6.07) is 8.03. The van der Waals surface area contributed by atoms with E-state index < -0.39 is 16.1 Å². The zero-order valence-electron chi connectivity index (χ0n) is 10.7. The highest BCUT2D eigenvalue weighted by Gasteiger charge is 2.18. The van der Waals surface area contributed by atoms with Crippen LogP contribution in [0.4, 0.5) is 0 Å². The van der Waals surface area contributed by atoms with Gasteiger partial charge in [0.1, 0.15) is 6.04 Å². The van der Waals surface area contributed by atoms with E-state index in [0.717, 1.165) is 18.4 Å². The van der Waals surface area contributed by atoms with E-state index in [2.05, 4.69) is 11.6 Å². The summed E-state index contributed by atoms with van der Waals surface area (Å²) in [6.07, 6.45) is 2.41. The summed E-state index contributed by atoms with van der Waals surface area (Å²) in [7, 11) is -3.59. The molecule has 5 heteroatoms. The van der Waals surface area contributed by atoms with Crippen LogP contribution in [-0.4, -0.2) is 14.5 Å². The molecule has 0 aliphatic heterocycles. The first-order chi connectivity index (χ1) is 8.53. The number of aryl methyl sites for hydroxylation is 1. The van der Waals surface area contributed by atoms with Gasteiger partial charge in [0.25, 0.3) is 0 Å². The molecule has 0 spiro atoms. The number of rotatable bonds is 6. The lowest BCUT2D eigenvalue weighted by Gasteiger charge is -2.10. The topological polar surface area (TPSA) is 70.0 Å². The molecule has 0 saturated heterocycles. The van der Waals surface area contributed by atoms with Crippen LogP contribution in [-0.2, 0) is 16.4 Å². The van der Waals surface area contributed by atoms with E-state index >= 15 is 0 Å². The van der Waals surface area contributed by atoms with Gasteiger partial charge in [-0.1, -0.05) is 32.4 Å². The molecule has 98 valence electrons. The molecule has 1 aromatic carbocycles. The van der Waals surface area contributed by atoms with Gasteiger partial charge in [0, 0.05) is 0 Å². The van der Waals surface area contributed by atoms with Crippen molar-refractivity contribution in [2.24, 2.45) is 0 Å². The molecule has 18 heavy (non-hydrogen) atoms. The quantitative estimate of drug-likeness (QED) is 0.858. The number of hydrogen-bond acceptors (Lipinski definition) is 3. The molecular formula is C13H18N2O2S. The van der Waals surface area contributed by atoms with Crippen molar-refractivity contribution in [2.45, 2.75) is 44.0 Å². The fourth-order valence-corrected chi connectivity index (χ4v) is 2.80. The smallest absolute Gasteiger partial charge is 0.207 e. The predicted molar refractivity (Wildman–Crippen MR) is 70.5 cm³/mol. The Morgan fingerprint density at radius 1 is 1.28 bits per heavy atom. The molecule has 0 saturated carbocycles. The van der Waals surface area contributed by atoms with Gasteiger partial charge in [-0.3, -0.25) is 0 Å². The SMILES string of the molecule is CCCc1ccc(S(=O)(=O)NC(C#N)CC)cc1. The van der Waals surface area contributed by atoms with Crippen LogP contribution in [0.5, 0.6) is 0 Å². The number of benzene rings is 1. The molecule has 1 rings (SSSR count). The highest BCUT2D eigenvalue weighted by Crippen LogP contribution is 2.12. The predicted octanol–water partition coefficient (Wildman–Crippen LogP) is 2.22. The lowest BCUT2D eigenvalue weighted by atomic mass is 10.1. The Morgan fingerprint density at radius 2 is 1.89 bits per heavy atom. The van der Waals surface area contributed by atoms with Gasteiger partial charge in [-0.2, -0.15) is 9.98 Å². The van der Waals surface area contributed by atoms with Crippen LogP contribution >= 0.6 is 0 Å². The van der Waals surface area contributed by atoms with Gasteiger partial charge < -0.3 is 0 Å². The number of sulfonamides is 1. The summed E-state index contributed by atoms with van der Waals surface area (Å²) >= 11 is 0. The number of nitriles is 1. The molecule has 0 amide bonds. The van der Waals surface area contributed by atoms with Gasteiger partial charge in [-0.25, -0.2) is 8.42 Å². The Morgan fingerprint density at radius 3 is 2.33 bits per heavy atom. The van der Waals surface area contributed by atoms with E-state index in [9.17, 15) is 8.42 Å². The standard InChI is InChI=1S/C13H18N2O2S/c1-3-5-11-6-8-13(9-7-11)18(16,17)15-12(4-2)10-14/h6-9,12,15H,3-5H2,1-2H3. The lowest BCUT2D eigenvalue weighted by Crippen LogP contribution is -2.33. The molecular weight excluding hydrogens is 248 g/mol. The summed E-state index contributed by atoms with van der Waals surface area (Å²) in [5, 5.41) is 8.77. The summed E-state index contributed by atoms with van der Waals surface area (Å²) in [5.74, 6) is 0. The molecule has 0 bridgehead atoms. The average Bonchev–Trinajstić information content (AvgIpc) is 2.37. The van der Waals surface area contributed by atoms with E-state index in [0.29, 0.717) is 6.42 Å². The second-order valence-electron chi connectivity index (χ2n) is 4.11. The van der Waals surface area contributed by atoms with Gasteiger partial charge >= 0.3 is 0 Å². The Balaban J connectivity index is 2.89. The maximum atomic E-state index is 12.0. The van der Waals surface area contributed by atoms with Crippen LogP contribution in [0, 0.1) is 11.3 Å². The van der Waals surface area contributed by atoms with Gasteiger partial charge in [0.05, 0.1) is 11.0 Å². The molecule has 0 radical (unpaired) electrons. The maximum absolute atomic E-state index is 12.0. The summed E-state index contributed by atoms with van der Waals surface area (Å²) in [4.78, 5) is 0.205. The second kappa shape index (κ2) is 6.53. The van der Waals surface area contributed by atoms with Crippen LogP contribution in [0.25, 0.3) is 0 Å². The van der Waals surface area contributed by atoms with Crippen LogP contribution < -0.4 is 4.72 Å². The van der Waals surface area contributed by atoms with Crippen LogP contribution in [0.2, 0.25) is 0 Å². The number of nitrogens with zero attached hydrogens (tertiary/aromatic N) is 1. The minimum Gasteiger partial charge on any atom is -0.207 e. The first-order valence-corrected chi connectivity index (χ1v) is 7.52. The summed E-state index contributed by atoms with van der Waals surface area (Å²) in [6.45, 7) is 3.84. The Kier molecular flexibility index (Phi) is 5.32. The minimum absolute atomic E-state index is 0.205. The van der Waals surface area contributed by atoms with Crippen molar-refractivity contribution in [2.75, 3.05) is 0 Å². The normalized spacial score (nSPS) is 12.9. The first-order valence-electron chi connectivity index (χ1n) is 6.04. The summed E-state index contributed by atoms with van der Waals surface area (Å²) in [5.41, 5.74) is 1.11. The van der Waals surface area contributed by atoms with Crippen LogP contribution in [0.3, 0.4) is 0 Å². The van der Waals surface area contributed by atoms with Crippen molar-refractivity contribution in [3.8, 4) is 6.07 Å². The minimum atomic E-state index is -3.59. The largest absolute Gasteiger partial charge is 0.241 e. The molecule has 1 N–H and O–H groups in total. The Bertz CT molecular complexity index is 515. The third-order valence-corrected chi connectivity index (χ3v) is 4.12. The van der Waals surface area contributed by atoms with Crippen molar-refractivity contribution in [1.82, 2.24) is 4.72 Å². The van der Waals surface area contributed by atoms with Gasteiger partial charge in [-0.15, -0.1) is 0 Å². The second-order valence-corrected chi connectivity index (χ2v) is 5.82. The Hall–Kier alpha value is -1.38. The molecule has 1 aromatic rings. The van der Waals surface area contributed by atoms with E-state index in [1.807, 2.05) is 18.2 Å². The van der Waals surface area contributed by atoms with Crippen molar-refractivity contribution in [3.63, 3.8) is 0 Å². The van der Waals surface area contributed by atoms with E-state index in [1.54, 1.807) is 19.1 Å². The lowest BCUT2D eigenvalue weighted by molar-refractivity contribution is 0.569. The maximum Gasteiger partial charge on any atom is 0.241 e. The van der Waals surface area contributed by atoms with Crippen molar-refractivity contribution >= 4 is 10.0 Å². The number of hydrogen-bond donors (Lipinski definition) is 1. The highest BCUT2D eigenvalue weighted by molar-refractivity contribution is 7.89. The zero-order chi connectivity index (χ0) is 13.6. The highest BCUT2D eigenvalue weighted by atomic mass is 32.2. The zero-order valence-corrected chi connectivity index (χ0v) is 11.5. The van der Waals surface area contributed by atoms with Crippen molar-refractivity contribution < 1.29 is 8.42 Å². The molecule has 4 nitrogen and oxygen atoms in total. The molecule has 0 heterocycles. The van der Waals surface area contributed by atoms with Crippen molar-refractivity contribution in [1.29, 1.82) is 5.26 Å². The van der Waals surface area contributed by atoms with E-state index in [4.69, 9.17) is 5.26 Å². The fraction of sp³-hybridized carbons (Fsp3) is 0.462. The molecule has 0 aliphatic rings. The van der Waals surface area contributed by atoms with Gasteiger partial charge in [0.15, 0.2) is 0 Å². The first kappa shape index (κ1) is 14.7.